The monoisotopic (exact) mass is 349 g/mol. The molecule has 0 aliphatic heterocycles. The van der Waals surface area contributed by atoms with Crippen molar-refractivity contribution in [2.45, 2.75) is 45.1 Å². The summed E-state index contributed by atoms with van der Waals surface area (Å²) in [5.41, 5.74) is -0.0176. The van der Waals surface area contributed by atoms with Crippen LogP contribution in [0.3, 0.4) is 0 Å². The Hall–Kier alpha value is -2.08. The lowest BCUT2D eigenvalue weighted by atomic mass is 9.78. The minimum Gasteiger partial charge on any atom is -0.496 e. The molecule has 6 heteroatoms. The van der Waals surface area contributed by atoms with Gasteiger partial charge in [0.25, 0.3) is 5.91 Å². The minimum absolute atomic E-state index is 0.179. The number of esters is 1. The van der Waals surface area contributed by atoms with Gasteiger partial charge < -0.3 is 19.5 Å². The highest BCUT2D eigenvalue weighted by atomic mass is 16.5. The van der Waals surface area contributed by atoms with Crippen molar-refractivity contribution in [2.75, 3.05) is 26.1 Å². The van der Waals surface area contributed by atoms with E-state index in [2.05, 4.69) is 12.2 Å². The number of ether oxygens (including phenoxy) is 3. The maximum atomic E-state index is 12.8. The molecule has 138 valence electrons. The highest BCUT2D eigenvalue weighted by molar-refractivity contribution is 5.99. The van der Waals surface area contributed by atoms with E-state index in [9.17, 15) is 9.59 Å². The Kier molecular flexibility index (Phi) is 6.42. The molecule has 1 aliphatic rings. The third-order valence-corrected chi connectivity index (χ3v) is 4.71. The molecule has 2 atom stereocenters. The zero-order chi connectivity index (χ0) is 18.4. The van der Waals surface area contributed by atoms with Crippen molar-refractivity contribution in [2.24, 2.45) is 5.92 Å². The summed E-state index contributed by atoms with van der Waals surface area (Å²) >= 11 is 0. The number of benzene rings is 1. The number of hydrogen-bond donors (Lipinski definition) is 1. The van der Waals surface area contributed by atoms with Crippen LogP contribution >= 0.6 is 0 Å². The Morgan fingerprint density at radius 1 is 1.32 bits per heavy atom. The van der Waals surface area contributed by atoms with Crippen molar-refractivity contribution in [3.05, 3.63) is 23.8 Å². The zero-order valence-electron chi connectivity index (χ0n) is 15.4. The van der Waals surface area contributed by atoms with E-state index in [1.165, 1.54) is 7.11 Å². The van der Waals surface area contributed by atoms with Crippen molar-refractivity contribution >= 4 is 17.6 Å². The highest BCUT2D eigenvalue weighted by Gasteiger charge is 2.42. The second kappa shape index (κ2) is 8.34. The van der Waals surface area contributed by atoms with Crippen LogP contribution in [0.25, 0.3) is 0 Å². The van der Waals surface area contributed by atoms with Gasteiger partial charge in [-0.15, -0.1) is 0 Å². The lowest BCUT2D eigenvalue weighted by Crippen LogP contribution is -2.47. The van der Waals surface area contributed by atoms with Crippen LogP contribution in [-0.4, -0.2) is 38.3 Å². The molecule has 0 spiro atoms. The number of anilines is 1. The van der Waals surface area contributed by atoms with E-state index in [0.29, 0.717) is 30.2 Å². The summed E-state index contributed by atoms with van der Waals surface area (Å²) in [4.78, 5) is 24.9. The molecular weight excluding hydrogens is 322 g/mol. The molecule has 1 fully saturated rings. The summed E-state index contributed by atoms with van der Waals surface area (Å²) in [5, 5.41) is 2.89. The van der Waals surface area contributed by atoms with Gasteiger partial charge in [0.15, 0.2) is 0 Å². The van der Waals surface area contributed by atoms with Crippen molar-refractivity contribution < 1.29 is 23.8 Å². The van der Waals surface area contributed by atoms with E-state index in [4.69, 9.17) is 14.2 Å². The van der Waals surface area contributed by atoms with Crippen molar-refractivity contribution in [1.29, 1.82) is 0 Å². The second-order valence-corrected chi connectivity index (χ2v) is 6.49. The maximum Gasteiger partial charge on any atom is 0.341 e. The Bertz CT molecular complexity index is 630. The first-order valence-electron chi connectivity index (χ1n) is 8.67. The fourth-order valence-corrected chi connectivity index (χ4v) is 3.39. The number of amides is 1. The maximum absolute atomic E-state index is 12.8. The normalized spacial score (nSPS) is 23.0. The van der Waals surface area contributed by atoms with E-state index in [-0.39, 0.29) is 18.1 Å². The Morgan fingerprint density at radius 2 is 2.08 bits per heavy atom. The third-order valence-electron chi connectivity index (χ3n) is 4.71. The van der Waals surface area contributed by atoms with Gasteiger partial charge in [0.1, 0.15) is 16.9 Å². The molecular formula is C19H27NO5. The molecule has 1 saturated carbocycles. The van der Waals surface area contributed by atoms with Crippen molar-refractivity contribution in [3.63, 3.8) is 0 Å². The van der Waals surface area contributed by atoms with Gasteiger partial charge in [-0.3, -0.25) is 4.79 Å². The molecule has 0 saturated heterocycles. The number of carbonyl (C=O) groups is 2. The van der Waals surface area contributed by atoms with Gasteiger partial charge in [-0.25, -0.2) is 4.79 Å². The van der Waals surface area contributed by atoms with E-state index < -0.39 is 11.6 Å². The molecule has 1 aromatic carbocycles. The summed E-state index contributed by atoms with van der Waals surface area (Å²) in [6.45, 7) is 4.14. The number of rotatable bonds is 6. The molecule has 2 rings (SSSR count). The quantitative estimate of drug-likeness (QED) is 0.797. The summed E-state index contributed by atoms with van der Waals surface area (Å²) in [7, 11) is 3.06. The second-order valence-electron chi connectivity index (χ2n) is 6.49. The largest absolute Gasteiger partial charge is 0.496 e. The van der Waals surface area contributed by atoms with Gasteiger partial charge in [0, 0.05) is 12.8 Å². The third kappa shape index (κ3) is 4.31. The van der Waals surface area contributed by atoms with Crippen LogP contribution < -0.4 is 10.1 Å². The van der Waals surface area contributed by atoms with E-state index in [1.807, 2.05) is 0 Å². The van der Waals surface area contributed by atoms with E-state index in [0.717, 1.165) is 12.8 Å². The molecule has 6 nitrogen and oxygen atoms in total. The number of methoxy groups -OCH3 is 2. The molecule has 25 heavy (non-hydrogen) atoms. The van der Waals surface area contributed by atoms with Crippen LogP contribution in [0.15, 0.2) is 18.2 Å². The van der Waals surface area contributed by atoms with Crippen LogP contribution in [0.2, 0.25) is 0 Å². The van der Waals surface area contributed by atoms with Gasteiger partial charge in [-0.2, -0.15) is 0 Å². The fourth-order valence-electron chi connectivity index (χ4n) is 3.39. The zero-order valence-corrected chi connectivity index (χ0v) is 15.4. The average molecular weight is 349 g/mol. The molecule has 0 aromatic heterocycles. The molecule has 0 radical (unpaired) electrons. The van der Waals surface area contributed by atoms with Gasteiger partial charge in [0.2, 0.25) is 0 Å². The molecule has 1 aliphatic carbocycles. The van der Waals surface area contributed by atoms with Gasteiger partial charge >= 0.3 is 5.97 Å². The summed E-state index contributed by atoms with van der Waals surface area (Å²) in [6.07, 6.45) is 3.45. The van der Waals surface area contributed by atoms with Crippen molar-refractivity contribution in [1.82, 2.24) is 0 Å². The molecule has 0 heterocycles. The highest BCUT2D eigenvalue weighted by Crippen LogP contribution is 2.36. The Morgan fingerprint density at radius 3 is 2.68 bits per heavy atom. The summed E-state index contributed by atoms with van der Waals surface area (Å²) < 4.78 is 15.9. The Balaban J connectivity index is 2.22. The standard InChI is InChI=1S/C19H27NO5/c1-5-25-17(21)15-11-14(8-9-16(15)23-3)20-18(22)19(24-4)10-6-7-13(2)12-19/h8-9,11,13H,5-7,10,12H2,1-4H3,(H,20,22)/t13-,19+/m0/s1. The van der Waals surface area contributed by atoms with Gasteiger partial charge in [0.05, 0.1) is 13.7 Å². The van der Waals surface area contributed by atoms with Crippen LogP contribution in [0.1, 0.15) is 49.9 Å². The number of hydrogen-bond acceptors (Lipinski definition) is 5. The molecule has 0 bridgehead atoms. The van der Waals surface area contributed by atoms with Crippen LogP contribution in [0.5, 0.6) is 5.75 Å². The fraction of sp³-hybridized carbons (Fsp3) is 0.579. The number of nitrogens with one attached hydrogen (secondary N) is 1. The van der Waals surface area contributed by atoms with Crippen LogP contribution in [0, 0.1) is 5.92 Å². The minimum atomic E-state index is -0.818. The van der Waals surface area contributed by atoms with Crippen LogP contribution in [0.4, 0.5) is 5.69 Å². The van der Waals surface area contributed by atoms with E-state index >= 15 is 0 Å². The molecule has 1 aromatic rings. The van der Waals surface area contributed by atoms with Gasteiger partial charge in [-0.05, 0) is 50.3 Å². The van der Waals surface area contributed by atoms with Crippen molar-refractivity contribution in [3.8, 4) is 5.75 Å². The SMILES string of the molecule is CCOC(=O)c1cc(NC(=O)[C@@]2(OC)CCC[C@H](C)C2)ccc1OC. The predicted octanol–water partition coefficient (Wildman–Crippen LogP) is 3.41. The molecule has 1 amide bonds. The average Bonchev–Trinajstić information content (AvgIpc) is 2.61. The Labute approximate surface area is 148 Å². The topological polar surface area (TPSA) is 73.9 Å². The molecule has 0 unspecified atom stereocenters. The molecule has 1 N–H and O–H groups in total. The summed E-state index contributed by atoms with van der Waals surface area (Å²) in [6, 6.07) is 4.92. The first-order valence-corrected chi connectivity index (χ1v) is 8.67. The smallest absolute Gasteiger partial charge is 0.341 e. The first-order chi connectivity index (χ1) is 12.0. The lowest BCUT2D eigenvalue weighted by Gasteiger charge is -2.37. The van der Waals surface area contributed by atoms with Crippen LogP contribution in [-0.2, 0) is 14.3 Å². The summed E-state index contributed by atoms with van der Waals surface area (Å²) in [5.74, 6) is 0.180. The first kappa shape index (κ1) is 19.2. The lowest BCUT2D eigenvalue weighted by molar-refractivity contribution is -0.143. The van der Waals surface area contributed by atoms with E-state index in [1.54, 1.807) is 32.2 Å². The predicted molar refractivity (Wildman–Crippen MR) is 95.0 cm³/mol. The van der Waals surface area contributed by atoms with Gasteiger partial charge in [-0.1, -0.05) is 13.3 Å². The number of carbonyl (C=O) groups excluding carboxylic acids is 2.